The number of carboxylic acid groups (broad SMARTS) is 1. The number of nitrogens with one attached hydrogen (secondary N) is 2. The van der Waals surface area contributed by atoms with Gasteiger partial charge in [0.2, 0.25) is 23.3 Å². The molecule has 17 heteroatoms. The Labute approximate surface area is 217 Å². The summed E-state index contributed by atoms with van der Waals surface area (Å²) in [6, 6.07) is -1.05. The second-order valence-corrected chi connectivity index (χ2v) is 10.5. The summed E-state index contributed by atoms with van der Waals surface area (Å²) >= 11 is 2.06. The average molecular weight is 551 g/mol. The number of anilines is 1. The average Bonchev–Trinajstić information content (AvgIpc) is 3.41. The Bertz CT molecular complexity index is 1260. The Hall–Kier alpha value is -3.70. The van der Waals surface area contributed by atoms with E-state index in [4.69, 9.17) is 10.5 Å². The summed E-state index contributed by atoms with van der Waals surface area (Å²) in [5.74, 6) is -1.39. The minimum absolute atomic E-state index is 0.0591. The first-order valence-electron chi connectivity index (χ1n) is 11.2. The van der Waals surface area contributed by atoms with Gasteiger partial charge in [0, 0.05) is 60.5 Å². The lowest BCUT2D eigenvalue weighted by Gasteiger charge is -2.48. The van der Waals surface area contributed by atoms with Gasteiger partial charge in [-0.1, -0.05) is 5.16 Å². The van der Waals surface area contributed by atoms with Gasteiger partial charge in [-0.2, -0.15) is 9.36 Å². The van der Waals surface area contributed by atoms with Crippen LogP contribution in [0.1, 0.15) is 12.2 Å². The first-order valence-corrected chi connectivity index (χ1v) is 13.0. The summed E-state index contributed by atoms with van der Waals surface area (Å²) < 4.78 is 8.79. The van der Waals surface area contributed by atoms with Crippen LogP contribution < -0.4 is 16.4 Å². The zero-order valence-electron chi connectivity index (χ0n) is 19.1. The summed E-state index contributed by atoms with van der Waals surface area (Å²) in [5, 5.41) is 26.5. The van der Waals surface area contributed by atoms with Crippen molar-refractivity contribution in [2.45, 2.75) is 17.8 Å². The van der Waals surface area contributed by atoms with Crippen molar-refractivity contribution < 1.29 is 34.2 Å². The largest absolute Gasteiger partial charge is 0.512 e. The number of hydrogen-bond acceptors (Lipinski definition) is 13. The van der Waals surface area contributed by atoms with Gasteiger partial charge in [0.15, 0.2) is 5.13 Å². The maximum Gasteiger partial charge on any atom is 0.512 e. The number of ether oxygens (including phenoxy) is 1. The molecule has 5 rings (SSSR count). The Morgan fingerprint density at radius 2 is 2.14 bits per heavy atom. The minimum Gasteiger partial charge on any atom is -0.449 e. The van der Waals surface area contributed by atoms with Crippen LogP contribution in [0.4, 0.5) is 9.93 Å². The molecule has 4 aliphatic rings. The number of aromatic nitrogens is 2. The number of hydrogen-bond donors (Lipinski definition) is 5. The van der Waals surface area contributed by atoms with Gasteiger partial charge < -0.3 is 36.3 Å². The molecule has 1 aromatic rings. The molecule has 5 heterocycles. The maximum atomic E-state index is 13.0. The molecule has 0 radical (unpaired) electrons. The molecule has 0 bridgehead atoms. The molecule has 0 unspecified atom stereocenters. The Morgan fingerprint density at radius 1 is 1.35 bits per heavy atom. The lowest BCUT2D eigenvalue weighted by molar-refractivity contribution is -0.148. The molecular weight excluding hydrogens is 528 g/mol. The fraction of sp³-hybridized carbons (Fsp3) is 0.450. The van der Waals surface area contributed by atoms with E-state index >= 15 is 0 Å². The number of amides is 3. The number of β-lactam (4-membered cyclic amide) rings is 1. The third-order valence-corrected chi connectivity index (χ3v) is 8.14. The Kier molecular flexibility index (Phi) is 6.74. The molecule has 4 aliphatic heterocycles. The normalized spacial score (nSPS) is 25.2. The predicted octanol–water partition coefficient (Wildman–Crippen LogP) is -1.02. The number of thioether (sulfide) groups is 1. The predicted molar refractivity (Wildman–Crippen MR) is 129 cm³/mol. The fourth-order valence-electron chi connectivity index (χ4n) is 4.38. The number of allylic oxidation sites excluding steroid dienone is 1. The second kappa shape index (κ2) is 9.98. The van der Waals surface area contributed by atoms with Crippen molar-refractivity contribution in [1.29, 1.82) is 0 Å². The molecule has 2 atom stereocenters. The van der Waals surface area contributed by atoms with Crippen LogP contribution in [0.25, 0.3) is 0 Å². The summed E-state index contributed by atoms with van der Waals surface area (Å²) in [4.78, 5) is 56.6. The number of nitrogens with two attached hydrogens (primary N) is 1. The van der Waals surface area contributed by atoms with Crippen molar-refractivity contribution in [2.24, 2.45) is 11.1 Å². The topological polar surface area (TPSA) is 213 Å². The highest BCUT2D eigenvalue weighted by Crippen LogP contribution is 2.41. The molecule has 0 aromatic carbocycles. The number of oxime groups is 1. The molecule has 6 N–H and O–H groups in total. The molecule has 37 heavy (non-hydrogen) atoms. The van der Waals surface area contributed by atoms with Crippen LogP contribution >= 0.6 is 23.3 Å². The first kappa shape index (κ1) is 25.0. The number of nitrogen functional groups attached to an aromatic ring is 1. The summed E-state index contributed by atoms with van der Waals surface area (Å²) in [6.45, 7) is 2.98. The van der Waals surface area contributed by atoms with E-state index in [1.54, 1.807) is 11.0 Å². The number of fused-ring (bicyclic) bond motifs is 1. The van der Waals surface area contributed by atoms with E-state index in [1.807, 2.05) is 0 Å². The molecule has 3 amide bonds. The van der Waals surface area contributed by atoms with E-state index in [0.717, 1.165) is 29.5 Å². The van der Waals surface area contributed by atoms with Crippen LogP contribution in [-0.2, 0) is 19.1 Å². The molecular formula is C20H22N8O7S2. The number of carbonyl (C=O) groups excluding carboxylic acids is 3. The Balaban J connectivity index is 1.32. The summed E-state index contributed by atoms with van der Waals surface area (Å²) in [5.41, 5.74) is 5.89. The maximum absolute atomic E-state index is 13.0. The molecule has 3 fully saturated rings. The molecule has 0 spiro atoms. The number of rotatable bonds is 7. The highest BCUT2D eigenvalue weighted by molar-refractivity contribution is 8.00. The van der Waals surface area contributed by atoms with Crippen LogP contribution in [0, 0.1) is 5.92 Å². The van der Waals surface area contributed by atoms with Gasteiger partial charge in [-0.05, 0) is 12.5 Å². The SMILES string of the molecule is Nc1nc(/C(=N/O)C(=O)N[C@@H]2C(=O)N3C(OC(=O)O)=C(/C=C4\CCN(CC5CNC5)C4=O)CS[C@H]23)ns1. The van der Waals surface area contributed by atoms with E-state index in [1.165, 1.54) is 11.8 Å². The van der Waals surface area contributed by atoms with Crippen molar-refractivity contribution in [1.82, 2.24) is 29.8 Å². The monoisotopic (exact) mass is 550 g/mol. The lowest BCUT2D eigenvalue weighted by Crippen LogP contribution is -2.70. The zero-order valence-corrected chi connectivity index (χ0v) is 20.8. The number of nitrogens with zero attached hydrogens (tertiary/aromatic N) is 5. The van der Waals surface area contributed by atoms with Gasteiger partial charge in [-0.15, -0.1) is 11.8 Å². The van der Waals surface area contributed by atoms with Crippen molar-refractivity contribution in [2.75, 3.05) is 37.7 Å². The van der Waals surface area contributed by atoms with Crippen LogP contribution in [0.3, 0.4) is 0 Å². The van der Waals surface area contributed by atoms with E-state index in [-0.39, 0.29) is 28.5 Å². The van der Waals surface area contributed by atoms with Crippen LogP contribution in [0.15, 0.2) is 28.3 Å². The smallest absolute Gasteiger partial charge is 0.449 e. The number of likely N-dealkylation sites (tertiary alicyclic amines) is 1. The van der Waals surface area contributed by atoms with Crippen molar-refractivity contribution in [3.05, 3.63) is 28.9 Å². The van der Waals surface area contributed by atoms with Crippen molar-refractivity contribution in [3.63, 3.8) is 0 Å². The molecule has 0 aliphatic carbocycles. The highest BCUT2D eigenvalue weighted by atomic mass is 32.2. The lowest BCUT2D eigenvalue weighted by atomic mass is 10.0. The molecule has 3 saturated heterocycles. The molecule has 15 nitrogen and oxygen atoms in total. The summed E-state index contributed by atoms with van der Waals surface area (Å²) in [6.07, 6.45) is 0.481. The highest BCUT2D eigenvalue weighted by Gasteiger charge is 2.54. The van der Waals surface area contributed by atoms with Gasteiger partial charge in [-0.3, -0.25) is 19.3 Å². The first-order chi connectivity index (χ1) is 17.8. The second-order valence-electron chi connectivity index (χ2n) is 8.66. The molecule has 0 saturated carbocycles. The van der Waals surface area contributed by atoms with Gasteiger partial charge >= 0.3 is 6.16 Å². The third-order valence-electron chi connectivity index (χ3n) is 6.29. The van der Waals surface area contributed by atoms with Crippen molar-refractivity contribution >= 4 is 58.0 Å². The standard InChI is InChI=1S/C20H22N8O7S2/c21-19-24-13(26-37-19)11(25-34)14(29)23-12-16(31)28-17(35-20(32)33)10(7-36-18(12)28)3-9-1-2-27(15(9)30)6-8-4-22-5-8/h3,8,12,18,22,34H,1-2,4-7H2,(H,23,29)(H,32,33)(H2,21,24,26)/b9-3+,25-11-/t12-,18-/m1/s1. The third kappa shape index (κ3) is 4.72. The van der Waals surface area contributed by atoms with E-state index < -0.39 is 35.1 Å². The van der Waals surface area contributed by atoms with Gasteiger partial charge in [0.05, 0.1) is 0 Å². The Morgan fingerprint density at radius 3 is 2.76 bits per heavy atom. The van der Waals surface area contributed by atoms with E-state index in [2.05, 4.69) is 25.1 Å². The van der Waals surface area contributed by atoms with Gasteiger partial charge in [0.1, 0.15) is 11.4 Å². The molecule has 1 aromatic heterocycles. The minimum atomic E-state index is -1.62. The molecule has 196 valence electrons. The summed E-state index contributed by atoms with van der Waals surface area (Å²) in [7, 11) is 0. The van der Waals surface area contributed by atoms with Crippen molar-refractivity contribution in [3.8, 4) is 0 Å². The van der Waals surface area contributed by atoms with Gasteiger partial charge in [0.25, 0.3) is 11.8 Å². The van der Waals surface area contributed by atoms with Crippen LogP contribution in [0.5, 0.6) is 0 Å². The van der Waals surface area contributed by atoms with Crippen LogP contribution in [-0.4, -0.2) is 102 Å². The fourth-order valence-corrected chi connectivity index (χ4v) is 6.10. The van der Waals surface area contributed by atoms with Crippen LogP contribution in [0.2, 0.25) is 0 Å². The zero-order chi connectivity index (χ0) is 26.3. The number of carbonyl (C=O) groups is 4. The van der Waals surface area contributed by atoms with E-state index in [0.29, 0.717) is 36.6 Å². The quantitative estimate of drug-likeness (QED) is 0.0689. The van der Waals surface area contributed by atoms with Gasteiger partial charge in [-0.25, -0.2) is 4.79 Å². The van der Waals surface area contributed by atoms with E-state index in [9.17, 15) is 29.5 Å².